The molecule has 0 aliphatic carbocycles. The van der Waals surface area contributed by atoms with Gasteiger partial charge in [-0.25, -0.2) is 9.59 Å². The minimum absolute atomic E-state index is 0.0410. The van der Waals surface area contributed by atoms with E-state index in [1.54, 1.807) is 38.1 Å². The number of methoxy groups -OCH3 is 1. The molecule has 1 saturated heterocycles. The van der Waals surface area contributed by atoms with Gasteiger partial charge in [0.15, 0.2) is 0 Å². The highest BCUT2D eigenvalue weighted by Crippen LogP contribution is 2.24. The molecule has 1 aromatic rings. The number of esters is 1. The Kier molecular flexibility index (Phi) is 3.97. The van der Waals surface area contributed by atoms with Crippen LogP contribution in [-0.2, 0) is 16.1 Å². The molecule has 1 aliphatic heterocycles. The summed E-state index contributed by atoms with van der Waals surface area (Å²) in [7, 11) is 1.29. The van der Waals surface area contributed by atoms with Crippen LogP contribution in [0.3, 0.4) is 0 Å². The van der Waals surface area contributed by atoms with Crippen molar-refractivity contribution in [3.63, 3.8) is 0 Å². The van der Waals surface area contributed by atoms with Crippen molar-refractivity contribution >= 4 is 17.9 Å². The normalized spacial score (nSPS) is 17.4. The molecule has 0 aromatic heterocycles. The summed E-state index contributed by atoms with van der Waals surface area (Å²) in [5.41, 5.74) is 0.267. The van der Waals surface area contributed by atoms with Gasteiger partial charge < -0.3 is 10.1 Å². The molecular formula is C15H18N2O4. The number of amides is 3. The number of imide groups is 1. The molecule has 0 unspecified atom stereocenters. The largest absolute Gasteiger partial charge is 0.465 e. The van der Waals surface area contributed by atoms with Crippen LogP contribution in [0, 0.1) is 5.41 Å². The highest BCUT2D eigenvalue weighted by atomic mass is 16.5. The van der Waals surface area contributed by atoms with Crippen molar-refractivity contribution in [3.8, 4) is 0 Å². The first kappa shape index (κ1) is 15.0. The van der Waals surface area contributed by atoms with Gasteiger partial charge in [0.25, 0.3) is 0 Å². The van der Waals surface area contributed by atoms with E-state index in [9.17, 15) is 14.4 Å². The number of carbonyl (C=O) groups excluding carboxylic acids is 3. The molecule has 0 radical (unpaired) electrons. The Morgan fingerprint density at radius 2 is 2.00 bits per heavy atom. The Morgan fingerprint density at radius 1 is 1.33 bits per heavy atom. The number of rotatable bonds is 3. The first-order valence-electron chi connectivity index (χ1n) is 6.63. The van der Waals surface area contributed by atoms with Gasteiger partial charge in [-0.2, -0.15) is 0 Å². The Balaban J connectivity index is 2.31. The number of urea groups is 1. The van der Waals surface area contributed by atoms with Gasteiger partial charge in [-0.05, 0) is 25.5 Å². The number of hydrogen-bond donors (Lipinski definition) is 1. The number of carbonyl (C=O) groups is 3. The summed E-state index contributed by atoms with van der Waals surface area (Å²) < 4.78 is 4.72. The number of benzene rings is 1. The number of ether oxygens (including phenoxy) is 1. The van der Waals surface area contributed by atoms with Gasteiger partial charge >= 0.3 is 12.0 Å². The molecule has 6 heteroatoms. The minimum Gasteiger partial charge on any atom is -0.465 e. The molecule has 1 fully saturated rings. The summed E-state index contributed by atoms with van der Waals surface area (Å²) in [4.78, 5) is 37.2. The average Bonchev–Trinajstić information content (AvgIpc) is 2.48. The summed E-state index contributed by atoms with van der Waals surface area (Å²) in [6.45, 7) is 3.89. The first-order chi connectivity index (χ1) is 9.86. The molecule has 112 valence electrons. The van der Waals surface area contributed by atoms with E-state index in [2.05, 4.69) is 5.32 Å². The molecule has 1 heterocycles. The van der Waals surface area contributed by atoms with E-state index >= 15 is 0 Å². The van der Waals surface area contributed by atoms with Gasteiger partial charge in [0.05, 0.1) is 24.6 Å². The summed E-state index contributed by atoms with van der Waals surface area (Å²) in [5, 5.41) is 2.69. The van der Waals surface area contributed by atoms with Gasteiger partial charge in [0.2, 0.25) is 5.91 Å². The maximum Gasteiger partial charge on any atom is 0.338 e. The van der Waals surface area contributed by atoms with Crippen LogP contribution in [0.1, 0.15) is 29.8 Å². The smallest absolute Gasteiger partial charge is 0.338 e. The van der Waals surface area contributed by atoms with Gasteiger partial charge in [-0.15, -0.1) is 0 Å². The fraction of sp³-hybridized carbons (Fsp3) is 0.400. The molecule has 6 nitrogen and oxygen atoms in total. The quantitative estimate of drug-likeness (QED) is 0.857. The fourth-order valence-corrected chi connectivity index (χ4v) is 2.21. The van der Waals surface area contributed by atoms with E-state index in [0.717, 1.165) is 4.90 Å². The van der Waals surface area contributed by atoms with Gasteiger partial charge in [0.1, 0.15) is 0 Å². The molecule has 2 rings (SSSR count). The Hall–Kier alpha value is -2.37. The Morgan fingerprint density at radius 3 is 2.67 bits per heavy atom. The zero-order valence-electron chi connectivity index (χ0n) is 12.3. The SMILES string of the molecule is COC(=O)c1ccccc1CN1C(=O)NCC(C)(C)C1=O. The minimum atomic E-state index is -0.659. The van der Waals surface area contributed by atoms with E-state index in [1.165, 1.54) is 7.11 Å². The second-order valence-corrected chi connectivity index (χ2v) is 5.58. The summed E-state index contributed by atoms with van der Waals surface area (Å²) in [6.07, 6.45) is 0. The zero-order chi connectivity index (χ0) is 15.6. The average molecular weight is 290 g/mol. The van der Waals surface area contributed by atoms with Crippen LogP contribution < -0.4 is 5.32 Å². The van der Waals surface area contributed by atoms with Crippen LogP contribution in [-0.4, -0.2) is 36.5 Å². The predicted molar refractivity (Wildman–Crippen MR) is 75.5 cm³/mol. The Bertz CT molecular complexity index is 595. The molecule has 0 bridgehead atoms. The van der Waals surface area contributed by atoms with Crippen molar-refractivity contribution < 1.29 is 19.1 Å². The maximum atomic E-state index is 12.4. The van der Waals surface area contributed by atoms with Gasteiger partial charge in [0, 0.05) is 6.54 Å². The van der Waals surface area contributed by atoms with Crippen LogP contribution in [0.5, 0.6) is 0 Å². The third-order valence-corrected chi connectivity index (χ3v) is 3.50. The van der Waals surface area contributed by atoms with E-state index in [0.29, 0.717) is 17.7 Å². The van der Waals surface area contributed by atoms with Crippen molar-refractivity contribution in [1.82, 2.24) is 10.2 Å². The van der Waals surface area contributed by atoms with E-state index in [4.69, 9.17) is 4.74 Å². The standard InChI is InChI=1S/C15H18N2O4/c1-15(2)9-16-14(20)17(13(15)19)8-10-6-4-5-7-11(10)12(18)21-3/h4-7H,8-9H2,1-3H3,(H,16,20). The lowest BCUT2D eigenvalue weighted by Gasteiger charge is -2.36. The van der Waals surface area contributed by atoms with Crippen LogP contribution in [0.15, 0.2) is 24.3 Å². The highest BCUT2D eigenvalue weighted by molar-refractivity contribution is 6.00. The van der Waals surface area contributed by atoms with Crippen LogP contribution in [0.2, 0.25) is 0 Å². The second-order valence-electron chi connectivity index (χ2n) is 5.58. The van der Waals surface area contributed by atoms with Crippen LogP contribution in [0.4, 0.5) is 4.79 Å². The lowest BCUT2D eigenvalue weighted by molar-refractivity contribution is -0.139. The summed E-state index contributed by atoms with van der Waals surface area (Å²) in [5.74, 6) is -0.749. The molecule has 3 amide bonds. The van der Waals surface area contributed by atoms with Gasteiger partial charge in [-0.3, -0.25) is 9.69 Å². The lowest BCUT2D eigenvalue weighted by Crippen LogP contribution is -2.58. The molecule has 1 aromatic carbocycles. The van der Waals surface area contributed by atoms with Gasteiger partial charge in [-0.1, -0.05) is 18.2 Å². The van der Waals surface area contributed by atoms with E-state index < -0.39 is 17.4 Å². The van der Waals surface area contributed by atoms with Crippen molar-refractivity contribution in [3.05, 3.63) is 35.4 Å². The summed E-state index contributed by atoms with van der Waals surface area (Å²) >= 11 is 0. The Labute approximate surface area is 123 Å². The zero-order valence-corrected chi connectivity index (χ0v) is 12.3. The van der Waals surface area contributed by atoms with E-state index in [-0.39, 0.29) is 12.5 Å². The monoisotopic (exact) mass is 290 g/mol. The predicted octanol–water partition coefficient (Wildman–Crippen LogP) is 1.55. The van der Waals surface area contributed by atoms with Crippen molar-refractivity contribution in [2.45, 2.75) is 20.4 Å². The molecule has 1 aliphatic rings. The third-order valence-electron chi connectivity index (χ3n) is 3.50. The van der Waals surface area contributed by atoms with Crippen molar-refractivity contribution in [1.29, 1.82) is 0 Å². The molecule has 1 N–H and O–H groups in total. The van der Waals surface area contributed by atoms with Crippen molar-refractivity contribution in [2.75, 3.05) is 13.7 Å². The molecule has 0 saturated carbocycles. The summed E-state index contributed by atoms with van der Waals surface area (Å²) in [6, 6.07) is 6.32. The fourth-order valence-electron chi connectivity index (χ4n) is 2.21. The highest BCUT2D eigenvalue weighted by Gasteiger charge is 2.40. The van der Waals surface area contributed by atoms with Crippen molar-refractivity contribution in [2.24, 2.45) is 5.41 Å². The second kappa shape index (κ2) is 5.55. The first-order valence-corrected chi connectivity index (χ1v) is 6.63. The number of nitrogens with one attached hydrogen (secondary N) is 1. The van der Waals surface area contributed by atoms with Crippen LogP contribution in [0.25, 0.3) is 0 Å². The molecular weight excluding hydrogens is 272 g/mol. The maximum absolute atomic E-state index is 12.4. The molecule has 0 atom stereocenters. The molecule has 0 spiro atoms. The third kappa shape index (κ3) is 2.89. The molecule has 21 heavy (non-hydrogen) atoms. The lowest BCUT2D eigenvalue weighted by atomic mass is 9.89. The van der Waals surface area contributed by atoms with Crippen LogP contribution >= 0.6 is 0 Å². The number of nitrogens with zero attached hydrogens (tertiary/aromatic N) is 1. The number of hydrogen-bond acceptors (Lipinski definition) is 4. The topological polar surface area (TPSA) is 75.7 Å². The van der Waals surface area contributed by atoms with E-state index in [1.807, 2.05) is 0 Å².